The highest BCUT2D eigenvalue weighted by Crippen LogP contribution is 2.17. The molecule has 1 aliphatic carbocycles. The van der Waals surface area contributed by atoms with Crippen molar-refractivity contribution in [1.29, 1.82) is 0 Å². The highest BCUT2D eigenvalue weighted by molar-refractivity contribution is 5.95. The van der Waals surface area contributed by atoms with E-state index in [1.807, 2.05) is 0 Å². The minimum absolute atomic E-state index is 0.588. The fourth-order valence-electron chi connectivity index (χ4n) is 1.36. The molecule has 1 rings (SSSR count). The summed E-state index contributed by atoms with van der Waals surface area (Å²) >= 11 is 0. The summed E-state index contributed by atoms with van der Waals surface area (Å²) in [6.45, 7) is 2.32. The Morgan fingerprint density at radius 1 is 1.25 bits per heavy atom. The SMILES string of the molecule is CC(=O)O[C@H]1[C@@H](OC(C)=O)C=CC(=O)[C@@H]1O. The number of rotatable bonds is 2. The average Bonchev–Trinajstić information content (AvgIpc) is 2.16. The van der Waals surface area contributed by atoms with Gasteiger partial charge in [0.1, 0.15) is 0 Å². The third-order valence-corrected chi connectivity index (χ3v) is 1.98. The molecule has 6 heteroatoms. The van der Waals surface area contributed by atoms with E-state index in [2.05, 4.69) is 0 Å². The number of hydrogen-bond acceptors (Lipinski definition) is 6. The number of hydrogen-bond donors (Lipinski definition) is 1. The minimum Gasteiger partial charge on any atom is -0.455 e. The van der Waals surface area contributed by atoms with E-state index in [0.717, 1.165) is 13.0 Å². The number of carbonyl (C=O) groups excluding carboxylic acids is 3. The van der Waals surface area contributed by atoms with Crippen molar-refractivity contribution in [3.05, 3.63) is 12.2 Å². The molecule has 0 saturated carbocycles. The van der Waals surface area contributed by atoms with Crippen molar-refractivity contribution in [3.8, 4) is 0 Å². The van der Waals surface area contributed by atoms with Gasteiger partial charge in [-0.3, -0.25) is 14.4 Å². The Morgan fingerprint density at radius 2 is 1.81 bits per heavy atom. The lowest BCUT2D eigenvalue weighted by Gasteiger charge is -2.29. The van der Waals surface area contributed by atoms with E-state index < -0.39 is 36.0 Å². The highest BCUT2D eigenvalue weighted by Gasteiger charge is 2.38. The molecule has 0 aliphatic heterocycles. The first-order valence-corrected chi connectivity index (χ1v) is 4.66. The number of ether oxygens (including phenoxy) is 2. The van der Waals surface area contributed by atoms with Gasteiger partial charge in [-0.15, -0.1) is 0 Å². The van der Waals surface area contributed by atoms with Crippen LogP contribution in [0.2, 0.25) is 0 Å². The molecule has 16 heavy (non-hydrogen) atoms. The van der Waals surface area contributed by atoms with Crippen LogP contribution in [0.5, 0.6) is 0 Å². The Balaban J connectivity index is 2.86. The normalized spacial score (nSPS) is 28.7. The summed E-state index contributed by atoms with van der Waals surface area (Å²) in [6, 6.07) is 0. The van der Waals surface area contributed by atoms with E-state index in [-0.39, 0.29) is 0 Å². The summed E-state index contributed by atoms with van der Waals surface area (Å²) in [5.41, 5.74) is 0. The van der Waals surface area contributed by atoms with Crippen molar-refractivity contribution >= 4 is 17.7 Å². The highest BCUT2D eigenvalue weighted by atomic mass is 16.6. The Bertz CT molecular complexity index is 345. The summed E-state index contributed by atoms with van der Waals surface area (Å²) in [5, 5.41) is 9.50. The molecular weight excluding hydrogens is 216 g/mol. The van der Waals surface area contributed by atoms with Gasteiger partial charge >= 0.3 is 11.9 Å². The monoisotopic (exact) mass is 228 g/mol. The Morgan fingerprint density at radius 3 is 2.31 bits per heavy atom. The molecule has 0 amide bonds. The molecule has 1 N–H and O–H groups in total. The second-order valence-corrected chi connectivity index (χ2v) is 3.35. The van der Waals surface area contributed by atoms with Crippen LogP contribution in [-0.2, 0) is 23.9 Å². The van der Waals surface area contributed by atoms with E-state index in [1.54, 1.807) is 0 Å². The maximum Gasteiger partial charge on any atom is 0.303 e. The third kappa shape index (κ3) is 2.90. The van der Waals surface area contributed by atoms with Crippen LogP contribution in [0.25, 0.3) is 0 Å². The first-order chi connectivity index (χ1) is 7.41. The molecule has 0 aromatic rings. The van der Waals surface area contributed by atoms with Gasteiger partial charge in [-0.2, -0.15) is 0 Å². The summed E-state index contributed by atoms with van der Waals surface area (Å²) in [7, 11) is 0. The molecular formula is C10H12O6. The topological polar surface area (TPSA) is 89.9 Å². The summed E-state index contributed by atoms with van der Waals surface area (Å²) in [4.78, 5) is 32.7. The number of esters is 2. The van der Waals surface area contributed by atoms with Crippen LogP contribution in [0.15, 0.2) is 12.2 Å². The number of carbonyl (C=O) groups is 3. The molecule has 0 unspecified atom stereocenters. The van der Waals surface area contributed by atoms with Crippen LogP contribution in [0, 0.1) is 0 Å². The van der Waals surface area contributed by atoms with Gasteiger partial charge in [-0.05, 0) is 12.2 Å². The third-order valence-electron chi connectivity index (χ3n) is 1.98. The zero-order valence-corrected chi connectivity index (χ0v) is 8.88. The van der Waals surface area contributed by atoms with Crippen molar-refractivity contribution in [1.82, 2.24) is 0 Å². The Kier molecular flexibility index (Phi) is 3.78. The van der Waals surface area contributed by atoms with Crippen LogP contribution in [0.3, 0.4) is 0 Å². The van der Waals surface area contributed by atoms with Crippen molar-refractivity contribution in [2.24, 2.45) is 0 Å². The van der Waals surface area contributed by atoms with E-state index in [1.165, 1.54) is 13.0 Å². The maximum atomic E-state index is 11.1. The van der Waals surface area contributed by atoms with Crippen molar-refractivity contribution in [2.75, 3.05) is 0 Å². The van der Waals surface area contributed by atoms with Crippen LogP contribution in [0.4, 0.5) is 0 Å². The first-order valence-electron chi connectivity index (χ1n) is 4.66. The number of ketones is 1. The van der Waals surface area contributed by atoms with Gasteiger partial charge < -0.3 is 14.6 Å². The predicted octanol–water partition coefficient (Wildman–Crippen LogP) is -0.650. The molecule has 0 saturated heterocycles. The molecule has 88 valence electrons. The molecule has 3 atom stereocenters. The number of aliphatic hydroxyl groups is 1. The lowest BCUT2D eigenvalue weighted by Crippen LogP contribution is -2.48. The molecule has 0 bridgehead atoms. The summed E-state index contributed by atoms with van der Waals surface area (Å²) < 4.78 is 9.56. The number of aliphatic hydroxyl groups excluding tert-OH is 1. The van der Waals surface area contributed by atoms with Gasteiger partial charge in [0.25, 0.3) is 0 Å². The van der Waals surface area contributed by atoms with Gasteiger partial charge in [0.2, 0.25) is 0 Å². The molecule has 0 spiro atoms. The molecule has 1 aliphatic rings. The van der Waals surface area contributed by atoms with Crippen LogP contribution >= 0.6 is 0 Å². The molecule has 0 radical (unpaired) electrons. The first kappa shape index (κ1) is 12.4. The second-order valence-electron chi connectivity index (χ2n) is 3.35. The van der Waals surface area contributed by atoms with Gasteiger partial charge in [0.05, 0.1) is 0 Å². The van der Waals surface area contributed by atoms with E-state index >= 15 is 0 Å². The van der Waals surface area contributed by atoms with Crippen LogP contribution < -0.4 is 0 Å². The Labute approximate surface area is 91.8 Å². The van der Waals surface area contributed by atoms with E-state index in [4.69, 9.17) is 9.47 Å². The fraction of sp³-hybridized carbons (Fsp3) is 0.500. The van der Waals surface area contributed by atoms with Crippen LogP contribution in [-0.4, -0.2) is 41.1 Å². The van der Waals surface area contributed by atoms with E-state index in [9.17, 15) is 19.5 Å². The Hall–Kier alpha value is -1.69. The standard InChI is InChI=1S/C10H12O6/c1-5(11)15-8-4-3-7(13)9(14)10(8)16-6(2)12/h3-4,8-10,14H,1-2H3/t8-,9-,10-/m0/s1. The van der Waals surface area contributed by atoms with Gasteiger partial charge in [-0.1, -0.05) is 0 Å². The average molecular weight is 228 g/mol. The zero-order valence-electron chi connectivity index (χ0n) is 8.88. The molecule has 6 nitrogen and oxygen atoms in total. The van der Waals surface area contributed by atoms with Crippen molar-refractivity contribution in [3.63, 3.8) is 0 Å². The smallest absolute Gasteiger partial charge is 0.303 e. The minimum atomic E-state index is -1.50. The molecule has 0 heterocycles. The predicted molar refractivity (Wildman–Crippen MR) is 51.3 cm³/mol. The summed E-state index contributed by atoms with van der Waals surface area (Å²) in [5.74, 6) is -1.84. The van der Waals surface area contributed by atoms with E-state index in [0.29, 0.717) is 0 Å². The van der Waals surface area contributed by atoms with Gasteiger partial charge in [0.15, 0.2) is 24.1 Å². The molecule has 0 aromatic carbocycles. The van der Waals surface area contributed by atoms with Gasteiger partial charge in [-0.25, -0.2) is 0 Å². The lowest BCUT2D eigenvalue weighted by atomic mass is 9.97. The van der Waals surface area contributed by atoms with Crippen molar-refractivity contribution in [2.45, 2.75) is 32.2 Å². The van der Waals surface area contributed by atoms with Gasteiger partial charge in [0, 0.05) is 13.8 Å². The zero-order chi connectivity index (χ0) is 12.3. The quantitative estimate of drug-likeness (QED) is 0.631. The fourth-order valence-corrected chi connectivity index (χ4v) is 1.36. The molecule has 0 aromatic heterocycles. The molecule has 0 fully saturated rings. The summed E-state index contributed by atoms with van der Waals surface area (Å²) in [6.07, 6.45) is -1.24. The van der Waals surface area contributed by atoms with Crippen molar-refractivity contribution < 1.29 is 29.0 Å². The lowest BCUT2D eigenvalue weighted by molar-refractivity contribution is -0.173. The maximum absolute atomic E-state index is 11.1. The van der Waals surface area contributed by atoms with Crippen LogP contribution in [0.1, 0.15) is 13.8 Å². The largest absolute Gasteiger partial charge is 0.455 e. The second kappa shape index (κ2) is 4.89.